The van der Waals surface area contributed by atoms with Crippen LogP contribution < -0.4 is 16.0 Å². The van der Waals surface area contributed by atoms with Gasteiger partial charge in [-0.2, -0.15) is 0 Å². The number of amides is 2. The van der Waals surface area contributed by atoms with Gasteiger partial charge in [-0.3, -0.25) is 9.59 Å². The van der Waals surface area contributed by atoms with E-state index in [1.807, 2.05) is 12.1 Å². The highest BCUT2D eigenvalue weighted by atomic mass is 16.5. The maximum Gasteiger partial charge on any atom is 0.251 e. The van der Waals surface area contributed by atoms with Crippen molar-refractivity contribution in [1.29, 1.82) is 0 Å². The van der Waals surface area contributed by atoms with Gasteiger partial charge >= 0.3 is 0 Å². The molecule has 21 heavy (non-hydrogen) atoms. The van der Waals surface area contributed by atoms with Crippen LogP contribution in [-0.2, 0) is 16.1 Å². The van der Waals surface area contributed by atoms with Crippen molar-refractivity contribution < 1.29 is 14.3 Å². The average Bonchev–Trinajstić information content (AvgIpc) is 2.53. The molecule has 1 fully saturated rings. The van der Waals surface area contributed by atoms with Gasteiger partial charge in [-0.05, 0) is 17.7 Å². The Balaban J connectivity index is 1.76. The third kappa shape index (κ3) is 4.84. The molecule has 0 aliphatic carbocycles. The molecule has 1 atom stereocenters. The summed E-state index contributed by atoms with van der Waals surface area (Å²) in [7, 11) is 1.60. The van der Waals surface area contributed by atoms with Crippen LogP contribution in [0.15, 0.2) is 24.3 Å². The van der Waals surface area contributed by atoms with Gasteiger partial charge in [-0.1, -0.05) is 12.1 Å². The number of hydrogen-bond acceptors (Lipinski definition) is 4. The highest BCUT2D eigenvalue weighted by Crippen LogP contribution is 2.05. The number of carbonyl (C=O) groups excluding carboxylic acids is 2. The van der Waals surface area contributed by atoms with Gasteiger partial charge in [0.2, 0.25) is 5.91 Å². The van der Waals surface area contributed by atoms with Gasteiger partial charge in [-0.25, -0.2) is 0 Å². The quantitative estimate of drug-likeness (QED) is 0.716. The second-order valence-electron chi connectivity index (χ2n) is 4.98. The van der Waals surface area contributed by atoms with E-state index in [9.17, 15) is 9.59 Å². The fraction of sp³-hybridized carbons (Fsp3) is 0.467. The highest BCUT2D eigenvalue weighted by Gasteiger charge is 2.16. The SMILES string of the molecule is CNC(=O)c1ccc(CNC(=O)CC2COCCN2)cc1. The Bertz CT molecular complexity index is 481. The topological polar surface area (TPSA) is 79.5 Å². The summed E-state index contributed by atoms with van der Waals surface area (Å²) < 4.78 is 5.31. The van der Waals surface area contributed by atoms with Crippen LogP contribution in [-0.4, -0.2) is 44.7 Å². The normalized spacial score (nSPS) is 18.0. The zero-order valence-electron chi connectivity index (χ0n) is 12.1. The van der Waals surface area contributed by atoms with Crippen molar-refractivity contribution in [3.05, 3.63) is 35.4 Å². The van der Waals surface area contributed by atoms with E-state index in [-0.39, 0.29) is 17.9 Å². The smallest absolute Gasteiger partial charge is 0.251 e. The minimum Gasteiger partial charge on any atom is -0.378 e. The molecule has 6 nitrogen and oxygen atoms in total. The second kappa shape index (κ2) is 7.75. The molecule has 3 N–H and O–H groups in total. The van der Waals surface area contributed by atoms with E-state index in [1.165, 1.54) is 0 Å². The molecule has 1 saturated heterocycles. The van der Waals surface area contributed by atoms with Gasteiger partial charge < -0.3 is 20.7 Å². The molecular formula is C15H21N3O3. The van der Waals surface area contributed by atoms with E-state index in [0.717, 1.165) is 12.1 Å². The summed E-state index contributed by atoms with van der Waals surface area (Å²) in [5.74, 6) is -0.123. The lowest BCUT2D eigenvalue weighted by Gasteiger charge is -2.23. The molecule has 1 aliphatic heterocycles. The Morgan fingerprint density at radius 1 is 1.33 bits per heavy atom. The van der Waals surface area contributed by atoms with Gasteiger partial charge in [0.15, 0.2) is 0 Å². The number of rotatable bonds is 5. The van der Waals surface area contributed by atoms with Crippen LogP contribution in [0.25, 0.3) is 0 Å². The number of morpholine rings is 1. The van der Waals surface area contributed by atoms with E-state index in [4.69, 9.17) is 4.74 Å². The Morgan fingerprint density at radius 2 is 2.10 bits per heavy atom. The number of ether oxygens (including phenoxy) is 1. The molecule has 1 aromatic carbocycles. The minimum absolute atomic E-state index is 0.00613. The third-order valence-electron chi connectivity index (χ3n) is 3.36. The summed E-state index contributed by atoms with van der Waals surface area (Å²) >= 11 is 0. The summed E-state index contributed by atoms with van der Waals surface area (Å²) in [6.07, 6.45) is 0.413. The first-order valence-electron chi connectivity index (χ1n) is 7.08. The zero-order chi connectivity index (χ0) is 15.1. The molecule has 114 valence electrons. The van der Waals surface area contributed by atoms with Gasteiger partial charge in [0.1, 0.15) is 0 Å². The summed E-state index contributed by atoms with van der Waals surface area (Å²) in [5, 5.41) is 8.69. The lowest BCUT2D eigenvalue weighted by Crippen LogP contribution is -2.44. The van der Waals surface area contributed by atoms with Crippen LogP contribution in [0.1, 0.15) is 22.3 Å². The van der Waals surface area contributed by atoms with Crippen molar-refractivity contribution in [2.75, 3.05) is 26.8 Å². The molecular weight excluding hydrogens is 270 g/mol. The lowest BCUT2D eigenvalue weighted by atomic mass is 10.1. The van der Waals surface area contributed by atoms with Crippen LogP contribution in [0.5, 0.6) is 0 Å². The average molecular weight is 291 g/mol. The fourth-order valence-electron chi connectivity index (χ4n) is 2.17. The van der Waals surface area contributed by atoms with Crippen molar-refractivity contribution in [2.24, 2.45) is 0 Å². The third-order valence-corrected chi connectivity index (χ3v) is 3.36. The summed E-state index contributed by atoms with van der Waals surface area (Å²) in [5.41, 5.74) is 1.57. The predicted molar refractivity (Wildman–Crippen MR) is 78.9 cm³/mol. The van der Waals surface area contributed by atoms with Gasteiger partial charge in [-0.15, -0.1) is 0 Å². The Kier molecular flexibility index (Phi) is 5.71. The predicted octanol–water partition coefficient (Wildman–Crippen LogP) is 0.0409. The molecule has 0 saturated carbocycles. The van der Waals surface area contributed by atoms with Gasteiger partial charge in [0.05, 0.1) is 13.2 Å². The van der Waals surface area contributed by atoms with E-state index < -0.39 is 0 Å². The first-order chi connectivity index (χ1) is 10.2. The highest BCUT2D eigenvalue weighted by molar-refractivity contribution is 5.93. The molecule has 2 rings (SSSR count). The molecule has 1 aliphatic rings. The maximum absolute atomic E-state index is 11.8. The standard InChI is InChI=1S/C15H21N3O3/c1-16-15(20)12-4-2-11(3-5-12)9-18-14(19)8-13-10-21-7-6-17-13/h2-5,13,17H,6-10H2,1H3,(H,16,20)(H,18,19). The Hall–Kier alpha value is -1.92. The summed E-state index contributed by atoms with van der Waals surface area (Å²) in [4.78, 5) is 23.2. The van der Waals surface area contributed by atoms with Gasteiger partial charge in [0.25, 0.3) is 5.91 Å². The number of carbonyl (C=O) groups is 2. The van der Waals surface area contributed by atoms with E-state index in [2.05, 4.69) is 16.0 Å². The molecule has 0 radical (unpaired) electrons. The van der Waals surface area contributed by atoms with Crippen LogP contribution in [0.2, 0.25) is 0 Å². The van der Waals surface area contributed by atoms with Gasteiger partial charge in [0, 0.05) is 38.2 Å². The molecule has 2 amide bonds. The van der Waals surface area contributed by atoms with Crippen molar-refractivity contribution in [3.63, 3.8) is 0 Å². The van der Waals surface area contributed by atoms with E-state index in [0.29, 0.717) is 31.7 Å². The van der Waals surface area contributed by atoms with Crippen molar-refractivity contribution in [3.8, 4) is 0 Å². The monoisotopic (exact) mass is 291 g/mol. The molecule has 1 aromatic rings. The van der Waals surface area contributed by atoms with E-state index in [1.54, 1.807) is 19.2 Å². The van der Waals surface area contributed by atoms with Crippen LogP contribution in [0.4, 0.5) is 0 Å². The number of hydrogen-bond donors (Lipinski definition) is 3. The number of benzene rings is 1. The van der Waals surface area contributed by atoms with Crippen LogP contribution >= 0.6 is 0 Å². The fourth-order valence-corrected chi connectivity index (χ4v) is 2.17. The molecule has 6 heteroatoms. The molecule has 1 heterocycles. The Morgan fingerprint density at radius 3 is 2.71 bits per heavy atom. The molecule has 0 aromatic heterocycles. The Labute approximate surface area is 124 Å². The summed E-state index contributed by atoms with van der Waals surface area (Å²) in [6, 6.07) is 7.27. The minimum atomic E-state index is -0.117. The van der Waals surface area contributed by atoms with Crippen molar-refractivity contribution in [2.45, 2.75) is 19.0 Å². The zero-order valence-corrected chi connectivity index (χ0v) is 12.1. The first kappa shape index (κ1) is 15.5. The van der Waals surface area contributed by atoms with Crippen molar-refractivity contribution >= 4 is 11.8 Å². The van der Waals surface area contributed by atoms with Crippen LogP contribution in [0.3, 0.4) is 0 Å². The molecule has 0 spiro atoms. The van der Waals surface area contributed by atoms with E-state index >= 15 is 0 Å². The first-order valence-corrected chi connectivity index (χ1v) is 7.08. The molecule has 1 unspecified atom stereocenters. The van der Waals surface area contributed by atoms with Crippen molar-refractivity contribution in [1.82, 2.24) is 16.0 Å². The molecule has 0 bridgehead atoms. The summed E-state index contributed by atoms with van der Waals surface area (Å²) in [6.45, 7) is 2.53. The van der Waals surface area contributed by atoms with Crippen LogP contribution in [0, 0.1) is 0 Å². The maximum atomic E-state index is 11.8. The second-order valence-corrected chi connectivity index (χ2v) is 4.98. The number of nitrogens with one attached hydrogen (secondary N) is 3. The lowest BCUT2D eigenvalue weighted by molar-refractivity contribution is -0.122. The largest absolute Gasteiger partial charge is 0.378 e.